The van der Waals surface area contributed by atoms with Crippen molar-refractivity contribution in [1.29, 1.82) is 0 Å². The summed E-state index contributed by atoms with van der Waals surface area (Å²) in [6.07, 6.45) is 4.22. The molecule has 0 N–H and O–H groups in total. The number of hydrogen-bond acceptors (Lipinski definition) is 0. The average Bonchev–Trinajstić information content (AvgIpc) is 2.67. The van der Waals surface area contributed by atoms with E-state index in [-0.39, 0.29) is 56.8 Å². The molecule has 0 saturated heterocycles. The molecule has 0 aliphatic heterocycles. The second-order valence-corrected chi connectivity index (χ2v) is 4.11. The monoisotopic (exact) mass is 362 g/mol. The normalized spacial score (nSPS) is 12.8. The Kier molecular flexibility index (Phi) is 10.3. The maximum absolute atomic E-state index is 13.6. The smallest absolute Gasteiger partial charge is 1.00 e. The largest absolute Gasteiger partial charge is 2.00 e. The van der Waals surface area contributed by atoms with Gasteiger partial charge in [-0.05, 0) is 43.9 Å². The van der Waals surface area contributed by atoms with Crippen LogP contribution in [-0.2, 0) is 26.2 Å². The number of allylic oxidation sites excluding steroid dienone is 4. The van der Waals surface area contributed by atoms with Gasteiger partial charge in [-0.2, -0.15) is 0 Å². The Hall–Kier alpha value is 0.0931. The second kappa shape index (κ2) is 9.07. The van der Waals surface area contributed by atoms with Crippen molar-refractivity contribution in [3.8, 4) is 0 Å². The van der Waals surface area contributed by atoms with Crippen LogP contribution in [-0.4, -0.2) is 0 Å². The molecule has 2 rings (SSSR count). The molecule has 0 bridgehead atoms. The van der Waals surface area contributed by atoms with E-state index in [1.807, 2.05) is 12.1 Å². The van der Waals surface area contributed by atoms with Crippen LogP contribution >= 0.6 is 0 Å². The summed E-state index contributed by atoms with van der Waals surface area (Å²) >= 11 is 0. The van der Waals surface area contributed by atoms with Gasteiger partial charge in [0.05, 0.1) is 0 Å². The molecule has 0 heterocycles. The van der Waals surface area contributed by atoms with Gasteiger partial charge in [-0.3, -0.25) is 0 Å². The van der Waals surface area contributed by atoms with E-state index in [2.05, 4.69) is 19.9 Å². The molecule has 0 atom stereocenters. The number of rotatable bonds is 1. The minimum absolute atomic E-state index is 0. The summed E-state index contributed by atoms with van der Waals surface area (Å²) in [5.74, 6) is -0.121. The molecule has 0 unspecified atom stereocenters. The van der Waals surface area contributed by atoms with Crippen LogP contribution in [0, 0.1) is 5.82 Å². The molecule has 0 amide bonds. The van der Waals surface area contributed by atoms with Crippen molar-refractivity contribution in [3.05, 3.63) is 52.9 Å². The van der Waals surface area contributed by atoms with Crippen molar-refractivity contribution >= 4 is 5.57 Å². The Morgan fingerprint density at radius 3 is 2.28 bits per heavy atom. The minimum atomic E-state index is -0.121. The molecule has 0 spiro atoms. The van der Waals surface area contributed by atoms with Crippen molar-refractivity contribution < 1.29 is 55.4 Å². The first-order valence-electron chi connectivity index (χ1n) is 5.32. The Bertz CT molecular complexity index is 449. The SMILES string of the molecule is CC(C)=C1CCC=C1c1ccccc1F.[Cl-].[Cl-].[Zr+2]. The molecule has 96 valence electrons. The topological polar surface area (TPSA) is 0 Å². The van der Waals surface area contributed by atoms with Gasteiger partial charge in [-0.25, -0.2) is 4.39 Å². The molecule has 1 aromatic rings. The van der Waals surface area contributed by atoms with E-state index in [1.54, 1.807) is 6.07 Å². The average molecular weight is 364 g/mol. The van der Waals surface area contributed by atoms with Gasteiger partial charge in [0.25, 0.3) is 0 Å². The molecule has 0 aromatic heterocycles. The van der Waals surface area contributed by atoms with Crippen LogP contribution in [0.5, 0.6) is 0 Å². The summed E-state index contributed by atoms with van der Waals surface area (Å²) in [6, 6.07) is 7.00. The van der Waals surface area contributed by atoms with E-state index in [0.717, 1.165) is 24.0 Å². The van der Waals surface area contributed by atoms with Crippen LogP contribution in [0.15, 0.2) is 41.5 Å². The quantitative estimate of drug-likeness (QED) is 0.560. The number of hydrogen-bond donors (Lipinski definition) is 0. The molecular weight excluding hydrogens is 349 g/mol. The van der Waals surface area contributed by atoms with E-state index in [4.69, 9.17) is 0 Å². The first kappa shape index (κ1) is 20.4. The van der Waals surface area contributed by atoms with Gasteiger partial charge in [-0.1, -0.05) is 29.8 Å². The minimum Gasteiger partial charge on any atom is -1.00 e. The summed E-state index contributed by atoms with van der Waals surface area (Å²) in [5, 5.41) is 0. The molecule has 0 fully saturated rings. The van der Waals surface area contributed by atoms with Gasteiger partial charge < -0.3 is 24.8 Å². The number of benzene rings is 1. The van der Waals surface area contributed by atoms with Crippen molar-refractivity contribution in [2.24, 2.45) is 0 Å². The van der Waals surface area contributed by atoms with Crippen molar-refractivity contribution in [2.45, 2.75) is 26.7 Å². The molecule has 0 nitrogen and oxygen atoms in total. The zero-order valence-corrected chi connectivity index (χ0v) is 14.4. The molecular formula is C14H15Cl2FZr. The first-order chi connectivity index (χ1) is 7.20. The first-order valence-corrected chi connectivity index (χ1v) is 5.32. The zero-order valence-electron chi connectivity index (χ0n) is 10.4. The van der Waals surface area contributed by atoms with Crippen molar-refractivity contribution in [2.75, 3.05) is 0 Å². The van der Waals surface area contributed by atoms with Gasteiger partial charge in [0, 0.05) is 5.56 Å². The number of halogens is 3. The summed E-state index contributed by atoms with van der Waals surface area (Å²) in [5.41, 5.74) is 4.43. The molecule has 4 heteroatoms. The van der Waals surface area contributed by atoms with Crippen LogP contribution in [0.25, 0.3) is 5.57 Å². The van der Waals surface area contributed by atoms with Crippen molar-refractivity contribution in [3.63, 3.8) is 0 Å². The zero-order chi connectivity index (χ0) is 10.8. The van der Waals surface area contributed by atoms with E-state index in [1.165, 1.54) is 17.2 Å². The van der Waals surface area contributed by atoms with Gasteiger partial charge in [0.1, 0.15) is 5.82 Å². The van der Waals surface area contributed by atoms with E-state index in [0.29, 0.717) is 0 Å². The molecule has 1 aliphatic rings. The van der Waals surface area contributed by atoms with Gasteiger partial charge in [0.15, 0.2) is 0 Å². The second-order valence-electron chi connectivity index (χ2n) is 4.11. The fourth-order valence-electron chi connectivity index (χ4n) is 2.09. The molecule has 0 radical (unpaired) electrons. The van der Waals surface area contributed by atoms with Crippen LogP contribution < -0.4 is 24.8 Å². The summed E-state index contributed by atoms with van der Waals surface area (Å²) in [7, 11) is 0. The Morgan fingerprint density at radius 1 is 1.11 bits per heavy atom. The Labute approximate surface area is 140 Å². The fourth-order valence-corrected chi connectivity index (χ4v) is 2.09. The third kappa shape index (κ3) is 4.33. The van der Waals surface area contributed by atoms with Gasteiger partial charge in [0.2, 0.25) is 0 Å². The van der Waals surface area contributed by atoms with Gasteiger partial charge >= 0.3 is 26.2 Å². The van der Waals surface area contributed by atoms with E-state index < -0.39 is 0 Å². The van der Waals surface area contributed by atoms with Crippen LogP contribution in [0.3, 0.4) is 0 Å². The van der Waals surface area contributed by atoms with E-state index in [9.17, 15) is 4.39 Å². The predicted octanol–water partition coefficient (Wildman–Crippen LogP) is -1.66. The predicted molar refractivity (Wildman–Crippen MR) is 62.0 cm³/mol. The van der Waals surface area contributed by atoms with E-state index >= 15 is 0 Å². The third-order valence-electron chi connectivity index (χ3n) is 2.84. The summed E-state index contributed by atoms with van der Waals surface area (Å²) in [6.45, 7) is 4.19. The Balaban J connectivity index is 0. The van der Waals surface area contributed by atoms with Crippen LogP contribution in [0.1, 0.15) is 32.3 Å². The summed E-state index contributed by atoms with van der Waals surface area (Å²) < 4.78 is 13.6. The maximum atomic E-state index is 13.6. The van der Waals surface area contributed by atoms with Crippen molar-refractivity contribution in [1.82, 2.24) is 0 Å². The van der Waals surface area contributed by atoms with Gasteiger partial charge in [-0.15, -0.1) is 0 Å². The standard InChI is InChI=1S/C14H15F.2ClH.Zr/c1-10(2)11-7-5-8-12(11)13-6-3-4-9-14(13)15;;;/h3-4,6,8-9H,5,7H2,1-2H3;2*1H;/q;;;+2/p-2. The molecule has 1 aromatic carbocycles. The fraction of sp³-hybridized carbons (Fsp3) is 0.286. The third-order valence-corrected chi connectivity index (χ3v) is 2.84. The van der Waals surface area contributed by atoms with Crippen LogP contribution in [0.4, 0.5) is 4.39 Å². The Morgan fingerprint density at radius 2 is 1.72 bits per heavy atom. The maximum Gasteiger partial charge on any atom is 2.00 e. The molecule has 1 aliphatic carbocycles. The van der Waals surface area contributed by atoms with Crippen LogP contribution in [0.2, 0.25) is 0 Å². The summed E-state index contributed by atoms with van der Waals surface area (Å²) in [4.78, 5) is 0. The molecule has 18 heavy (non-hydrogen) atoms. The molecule has 0 saturated carbocycles.